The number of nitrogens with one attached hydrogen (secondary N) is 2. The molecule has 6 nitrogen and oxygen atoms in total. The molecular weight excluding hydrogens is 336 g/mol. The first-order valence-electron chi connectivity index (χ1n) is 10.3. The Morgan fingerprint density at radius 1 is 1.15 bits per heavy atom. The summed E-state index contributed by atoms with van der Waals surface area (Å²) in [5, 5.41) is 7.80. The maximum atomic E-state index is 4.69. The summed E-state index contributed by atoms with van der Waals surface area (Å²) in [6.45, 7) is 5.78. The fourth-order valence-corrected chi connectivity index (χ4v) is 4.11. The molecule has 2 aromatic rings. The molecule has 0 atom stereocenters. The van der Waals surface area contributed by atoms with Gasteiger partial charge >= 0.3 is 0 Å². The summed E-state index contributed by atoms with van der Waals surface area (Å²) in [5.41, 5.74) is 3.28. The topological polar surface area (TPSA) is 65.4 Å². The molecule has 0 bridgehead atoms. The smallest absolute Gasteiger partial charge is 0.230 e. The van der Waals surface area contributed by atoms with Crippen molar-refractivity contribution in [3.05, 3.63) is 29.5 Å². The monoisotopic (exact) mass is 366 g/mol. The number of benzene rings is 1. The summed E-state index contributed by atoms with van der Waals surface area (Å²) < 4.78 is 0. The fraction of sp³-hybridized carbons (Fsp3) is 0.571. The molecule has 6 heteroatoms. The Kier molecular flexibility index (Phi) is 5.53. The number of hydrogen-bond acceptors (Lipinski definition) is 6. The van der Waals surface area contributed by atoms with Crippen LogP contribution in [0.15, 0.2) is 23.2 Å². The van der Waals surface area contributed by atoms with E-state index in [1.807, 2.05) is 6.92 Å². The molecule has 0 saturated heterocycles. The van der Waals surface area contributed by atoms with E-state index in [9.17, 15) is 0 Å². The van der Waals surface area contributed by atoms with Gasteiger partial charge in [-0.05, 0) is 43.9 Å². The SMILES string of the molecule is CCc1ccc2nc(NC3=NCN(C4CCCCCC4)CN3)nc(C)c2c1. The second kappa shape index (κ2) is 8.21. The number of rotatable bonds is 3. The van der Waals surface area contributed by atoms with Crippen molar-refractivity contribution in [1.29, 1.82) is 0 Å². The minimum absolute atomic E-state index is 0.610. The Hall–Kier alpha value is -2.21. The molecule has 1 aromatic carbocycles. The van der Waals surface area contributed by atoms with Gasteiger partial charge < -0.3 is 5.32 Å². The van der Waals surface area contributed by atoms with Gasteiger partial charge in [0.15, 0.2) is 0 Å². The molecule has 1 aliphatic heterocycles. The fourth-order valence-electron chi connectivity index (χ4n) is 4.11. The highest BCUT2D eigenvalue weighted by molar-refractivity contribution is 5.93. The Bertz CT molecular complexity index is 823. The molecule has 0 spiro atoms. The van der Waals surface area contributed by atoms with Gasteiger partial charge in [0, 0.05) is 11.4 Å². The summed E-state index contributed by atoms with van der Waals surface area (Å²) in [5.74, 6) is 1.38. The van der Waals surface area contributed by atoms with Crippen LogP contribution in [0.2, 0.25) is 0 Å². The zero-order valence-electron chi connectivity index (χ0n) is 16.5. The van der Waals surface area contributed by atoms with Crippen molar-refractivity contribution in [3.8, 4) is 0 Å². The zero-order chi connectivity index (χ0) is 18.6. The highest BCUT2D eigenvalue weighted by atomic mass is 15.4. The molecule has 1 saturated carbocycles. The summed E-state index contributed by atoms with van der Waals surface area (Å²) in [6.07, 6.45) is 9.07. The minimum Gasteiger partial charge on any atom is -0.343 e. The summed E-state index contributed by atoms with van der Waals surface area (Å²) in [4.78, 5) is 16.4. The van der Waals surface area contributed by atoms with E-state index in [2.05, 4.69) is 55.6 Å². The lowest BCUT2D eigenvalue weighted by Crippen LogP contribution is -2.49. The standard InChI is InChI=1S/C21H30N6/c1-3-16-10-11-19-18(12-16)15(2)24-21(25-19)26-20-22-13-27(14-23-20)17-8-6-4-5-7-9-17/h10-12,17H,3-9,13-14H2,1-2H3,(H2,22,23,24,25,26). The quantitative estimate of drug-likeness (QED) is 0.809. The van der Waals surface area contributed by atoms with Crippen LogP contribution in [0, 0.1) is 6.92 Å². The Morgan fingerprint density at radius 2 is 1.96 bits per heavy atom. The third kappa shape index (κ3) is 4.21. The van der Waals surface area contributed by atoms with E-state index in [-0.39, 0.29) is 0 Å². The molecule has 2 aliphatic rings. The van der Waals surface area contributed by atoms with Crippen molar-refractivity contribution in [2.75, 3.05) is 18.7 Å². The number of nitrogens with zero attached hydrogens (tertiary/aromatic N) is 4. The van der Waals surface area contributed by atoms with Gasteiger partial charge in [-0.25, -0.2) is 15.0 Å². The predicted molar refractivity (Wildman–Crippen MR) is 111 cm³/mol. The average Bonchev–Trinajstić information content (AvgIpc) is 2.98. The van der Waals surface area contributed by atoms with Crippen LogP contribution in [0.5, 0.6) is 0 Å². The van der Waals surface area contributed by atoms with Crippen LogP contribution < -0.4 is 10.6 Å². The van der Waals surface area contributed by atoms with Crippen molar-refractivity contribution in [2.24, 2.45) is 4.99 Å². The average molecular weight is 367 g/mol. The van der Waals surface area contributed by atoms with Crippen molar-refractivity contribution < 1.29 is 0 Å². The highest BCUT2D eigenvalue weighted by Crippen LogP contribution is 2.22. The zero-order valence-corrected chi connectivity index (χ0v) is 16.5. The van der Waals surface area contributed by atoms with Crippen LogP contribution in [0.1, 0.15) is 56.7 Å². The number of anilines is 1. The molecule has 2 N–H and O–H groups in total. The number of aryl methyl sites for hydroxylation is 2. The lowest BCUT2D eigenvalue weighted by atomic mass is 10.1. The largest absolute Gasteiger partial charge is 0.343 e. The van der Waals surface area contributed by atoms with Crippen molar-refractivity contribution in [1.82, 2.24) is 20.2 Å². The third-order valence-corrected chi connectivity index (χ3v) is 5.79. The number of fused-ring (bicyclic) bond motifs is 1. The number of hydrogen-bond donors (Lipinski definition) is 2. The maximum Gasteiger partial charge on any atom is 0.230 e. The van der Waals surface area contributed by atoms with Gasteiger partial charge in [0.25, 0.3) is 0 Å². The molecular formula is C21H30N6. The van der Waals surface area contributed by atoms with Crippen LogP contribution in [0.25, 0.3) is 10.9 Å². The first-order chi connectivity index (χ1) is 13.2. The first-order valence-corrected chi connectivity index (χ1v) is 10.3. The second-order valence-electron chi connectivity index (χ2n) is 7.68. The normalized spacial score (nSPS) is 19.4. The van der Waals surface area contributed by atoms with Gasteiger partial charge in [-0.15, -0.1) is 0 Å². The number of aliphatic imine (C=N–C) groups is 1. The Balaban J connectivity index is 1.45. The van der Waals surface area contributed by atoms with Crippen LogP contribution in [0.3, 0.4) is 0 Å². The van der Waals surface area contributed by atoms with Gasteiger partial charge in [-0.1, -0.05) is 38.7 Å². The van der Waals surface area contributed by atoms with Crippen molar-refractivity contribution >= 4 is 22.8 Å². The van der Waals surface area contributed by atoms with E-state index < -0.39 is 0 Å². The molecule has 0 unspecified atom stereocenters. The van der Waals surface area contributed by atoms with Crippen LogP contribution in [0.4, 0.5) is 5.95 Å². The predicted octanol–water partition coefficient (Wildman–Crippen LogP) is 3.81. The van der Waals surface area contributed by atoms with Gasteiger partial charge in [0.05, 0.1) is 24.5 Å². The van der Waals surface area contributed by atoms with E-state index in [0.717, 1.165) is 42.3 Å². The molecule has 144 valence electrons. The molecule has 1 fully saturated rings. The lowest BCUT2D eigenvalue weighted by molar-refractivity contribution is 0.172. The van der Waals surface area contributed by atoms with E-state index in [4.69, 9.17) is 0 Å². The van der Waals surface area contributed by atoms with Crippen LogP contribution in [-0.4, -0.2) is 40.2 Å². The van der Waals surface area contributed by atoms with E-state index in [1.54, 1.807) is 0 Å². The van der Waals surface area contributed by atoms with Gasteiger partial charge in [0.2, 0.25) is 11.9 Å². The van der Waals surface area contributed by atoms with Gasteiger partial charge in [-0.3, -0.25) is 10.2 Å². The van der Waals surface area contributed by atoms with E-state index in [1.165, 1.54) is 44.1 Å². The van der Waals surface area contributed by atoms with Gasteiger partial charge in [0.1, 0.15) is 0 Å². The molecule has 1 aliphatic carbocycles. The molecule has 0 amide bonds. The Labute approximate surface area is 161 Å². The van der Waals surface area contributed by atoms with Crippen LogP contribution in [-0.2, 0) is 6.42 Å². The Morgan fingerprint density at radius 3 is 2.67 bits per heavy atom. The molecule has 0 radical (unpaired) electrons. The van der Waals surface area contributed by atoms with Crippen molar-refractivity contribution in [3.63, 3.8) is 0 Å². The molecule has 2 heterocycles. The van der Waals surface area contributed by atoms with E-state index in [0.29, 0.717) is 12.0 Å². The van der Waals surface area contributed by atoms with Crippen molar-refractivity contribution in [2.45, 2.75) is 64.8 Å². The number of aromatic nitrogens is 2. The summed E-state index contributed by atoms with van der Waals surface area (Å²) >= 11 is 0. The maximum absolute atomic E-state index is 4.69. The van der Waals surface area contributed by atoms with E-state index >= 15 is 0 Å². The lowest BCUT2D eigenvalue weighted by Gasteiger charge is -2.33. The minimum atomic E-state index is 0.610. The third-order valence-electron chi connectivity index (χ3n) is 5.79. The van der Waals surface area contributed by atoms with Crippen LogP contribution >= 0.6 is 0 Å². The highest BCUT2D eigenvalue weighted by Gasteiger charge is 2.22. The van der Waals surface area contributed by atoms with Gasteiger partial charge in [-0.2, -0.15) is 0 Å². The molecule has 1 aromatic heterocycles. The second-order valence-corrected chi connectivity index (χ2v) is 7.68. The molecule has 27 heavy (non-hydrogen) atoms. The summed E-state index contributed by atoms with van der Waals surface area (Å²) in [6, 6.07) is 7.07. The number of guanidine groups is 1. The first kappa shape index (κ1) is 18.2. The summed E-state index contributed by atoms with van der Waals surface area (Å²) in [7, 11) is 0. The molecule has 4 rings (SSSR count).